The summed E-state index contributed by atoms with van der Waals surface area (Å²) in [5.74, 6) is -1.94. The van der Waals surface area contributed by atoms with E-state index in [1.54, 1.807) is 0 Å². The molecule has 3 aromatic rings. The molecule has 1 aromatic heterocycles. The van der Waals surface area contributed by atoms with E-state index in [0.717, 1.165) is 6.07 Å². The van der Waals surface area contributed by atoms with Crippen molar-refractivity contribution < 1.29 is 26.7 Å². The molecule has 0 atom stereocenters. The normalized spacial score (nSPS) is 11.0. The van der Waals surface area contributed by atoms with Crippen LogP contribution >= 0.6 is 0 Å². The van der Waals surface area contributed by atoms with Crippen molar-refractivity contribution in [1.82, 2.24) is 10.3 Å². The van der Waals surface area contributed by atoms with Crippen LogP contribution in [0.5, 0.6) is 5.75 Å². The number of sulfonamides is 1. The molecule has 0 bridgehead atoms. The fourth-order valence-electron chi connectivity index (χ4n) is 2.62. The molecule has 0 fully saturated rings. The van der Waals surface area contributed by atoms with Crippen LogP contribution in [0, 0.1) is 11.6 Å². The van der Waals surface area contributed by atoms with Gasteiger partial charge in [-0.05, 0) is 18.2 Å². The second-order valence-electron chi connectivity index (χ2n) is 6.13. The number of aromatic nitrogens is 1. The molecule has 30 heavy (non-hydrogen) atoms. The number of benzene rings is 2. The molecule has 0 saturated carbocycles. The molecule has 0 aliphatic carbocycles. The third kappa shape index (κ3) is 4.90. The Labute approximate surface area is 171 Å². The minimum absolute atomic E-state index is 0.0608. The number of ether oxygens (including phenoxy) is 1. The van der Waals surface area contributed by atoms with Crippen molar-refractivity contribution in [3.8, 4) is 5.75 Å². The maximum absolute atomic E-state index is 13.8. The summed E-state index contributed by atoms with van der Waals surface area (Å²) >= 11 is 0. The number of methoxy groups -OCH3 is 1. The molecule has 1 heterocycles. The van der Waals surface area contributed by atoms with Gasteiger partial charge in [0, 0.05) is 24.2 Å². The molecular formula is C20H17F2N3O4S. The monoisotopic (exact) mass is 433 g/mol. The minimum atomic E-state index is -4.14. The summed E-state index contributed by atoms with van der Waals surface area (Å²) in [5.41, 5.74) is 0.0759. The van der Waals surface area contributed by atoms with E-state index < -0.39 is 27.6 Å². The lowest BCUT2D eigenvalue weighted by Crippen LogP contribution is -2.26. The van der Waals surface area contributed by atoms with Crippen LogP contribution in [-0.2, 0) is 16.6 Å². The van der Waals surface area contributed by atoms with Gasteiger partial charge in [0.2, 0.25) is 0 Å². The number of anilines is 1. The van der Waals surface area contributed by atoms with Crippen molar-refractivity contribution in [3.05, 3.63) is 83.7 Å². The number of halogens is 2. The van der Waals surface area contributed by atoms with Gasteiger partial charge in [-0.2, -0.15) is 0 Å². The summed E-state index contributed by atoms with van der Waals surface area (Å²) in [6, 6.07) is 9.96. The maximum atomic E-state index is 13.8. The van der Waals surface area contributed by atoms with Gasteiger partial charge in [0.15, 0.2) is 0 Å². The van der Waals surface area contributed by atoms with Crippen LogP contribution in [0.2, 0.25) is 0 Å². The van der Waals surface area contributed by atoms with Gasteiger partial charge >= 0.3 is 0 Å². The third-order valence-corrected chi connectivity index (χ3v) is 5.52. The van der Waals surface area contributed by atoms with E-state index >= 15 is 0 Å². The average molecular weight is 433 g/mol. The molecular weight excluding hydrogens is 416 g/mol. The van der Waals surface area contributed by atoms with Crippen molar-refractivity contribution in [1.29, 1.82) is 0 Å². The van der Waals surface area contributed by atoms with Crippen LogP contribution in [0.4, 0.5) is 14.5 Å². The highest BCUT2D eigenvalue weighted by atomic mass is 32.2. The number of carbonyl (C=O) groups is 1. The summed E-state index contributed by atoms with van der Waals surface area (Å²) in [4.78, 5) is 16.2. The van der Waals surface area contributed by atoms with Crippen molar-refractivity contribution in [3.63, 3.8) is 0 Å². The number of nitrogens with one attached hydrogen (secondary N) is 2. The zero-order chi connectivity index (χ0) is 21.7. The van der Waals surface area contributed by atoms with Gasteiger partial charge in [-0.25, -0.2) is 17.2 Å². The van der Waals surface area contributed by atoms with Crippen molar-refractivity contribution >= 4 is 21.6 Å². The molecule has 7 nitrogen and oxygen atoms in total. The minimum Gasteiger partial charge on any atom is -0.495 e. The van der Waals surface area contributed by atoms with E-state index in [2.05, 4.69) is 15.0 Å². The van der Waals surface area contributed by atoms with Crippen LogP contribution in [0.15, 0.2) is 65.8 Å². The molecule has 0 aliphatic rings. The fourth-order valence-corrected chi connectivity index (χ4v) is 3.86. The summed E-state index contributed by atoms with van der Waals surface area (Å²) in [6.45, 7) is -0.243. The first-order chi connectivity index (χ1) is 14.3. The third-order valence-electron chi connectivity index (χ3n) is 4.08. The van der Waals surface area contributed by atoms with Gasteiger partial charge in [0.25, 0.3) is 15.9 Å². The number of carbonyl (C=O) groups excluding carboxylic acids is 1. The van der Waals surface area contributed by atoms with Gasteiger partial charge in [0.05, 0.1) is 30.8 Å². The van der Waals surface area contributed by atoms with Crippen LogP contribution in [-0.4, -0.2) is 26.4 Å². The standard InChI is InChI=1S/C20H17F2N3O4S/c1-29-16-9-15(11-23-12-16)25-30(27,28)19-5-3-2-4-17(19)20(26)24-10-13-6-7-14(21)8-18(13)22/h2-9,11-12,25H,10H2,1H3,(H,24,26). The molecule has 156 valence electrons. The van der Waals surface area contributed by atoms with E-state index in [9.17, 15) is 22.0 Å². The van der Waals surface area contributed by atoms with E-state index in [0.29, 0.717) is 11.8 Å². The zero-order valence-electron chi connectivity index (χ0n) is 15.7. The number of hydrogen-bond acceptors (Lipinski definition) is 5. The highest BCUT2D eigenvalue weighted by Crippen LogP contribution is 2.22. The van der Waals surface area contributed by atoms with Gasteiger partial charge < -0.3 is 10.1 Å². The molecule has 3 rings (SSSR count). The lowest BCUT2D eigenvalue weighted by atomic mass is 10.2. The largest absolute Gasteiger partial charge is 0.495 e. The Hall–Kier alpha value is -3.53. The predicted octanol–water partition coefficient (Wildman–Crippen LogP) is 3.10. The first kappa shape index (κ1) is 21.2. The Morgan fingerprint density at radius 3 is 2.60 bits per heavy atom. The summed E-state index contributed by atoms with van der Waals surface area (Å²) in [6.07, 6.45) is 2.70. The molecule has 2 N–H and O–H groups in total. The summed E-state index contributed by atoms with van der Waals surface area (Å²) < 4.78 is 59.8. The predicted molar refractivity (Wildman–Crippen MR) is 106 cm³/mol. The van der Waals surface area contributed by atoms with Crippen LogP contribution < -0.4 is 14.8 Å². The van der Waals surface area contributed by atoms with Gasteiger partial charge in [0.1, 0.15) is 22.3 Å². The van der Waals surface area contributed by atoms with Crippen LogP contribution in [0.3, 0.4) is 0 Å². The Balaban J connectivity index is 1.82. The highest BCUT2D eigenvalue weighted by molar-refractivity contribution is 7.92. The lowest BCUT2D eigenvalue weighted by Gasteiger charge is -2.13. The fraction of sp³-hybridized carbons (Fsp3) is 0.100. The SMILES string of the molecule is COc1cncc(NS(=O)(=O)c2ccccc2C(=O)NCc2ccc(F)cc2F)c1. The number of rotatable bonds is 7. The van der Waals surface area contributed by atoms with E-state index in [1.807, 2.05) is 0 Å². The van der Waals surface area contributed by atoms with Gasteiger partial charge in [-0.15, -0.1) is 0 Å². The van der Waals surface area contributed by atoms with Gasteiger partial charge in [-0.3, -0.25) is 14.5 Å². The maximum Gasteiger partial charge on any atom is 0.262 e. The lowest BCUT2D eigenvalue weighted by molar-refractivity contribution is 0.0947. The van der Waals surface area contributed by atoms with E-state index in [4.69, 9.17) is 4.74 Å². The first-order valence-electron chi connectivity index (χ1n) is 8.63. The Morgan fingerprint density at radius 2 is 1.87 bits per heavy atom. The second kappa shape index (κ2) is 8.87. The van der Waals surface area contributed by atoms with Crippen LogP contribution in [0.25, 0.3) is 0 Å². The van der Waals surface area contributed by atoms with Crippen molar-refractivity contribution in [2.24, 2.45) is 0 Å². The zero-order valence-corrected chi connectivity index (χ0v) is 16.5. The van der Waals surface area contributed by atoms with Gasteiger partial charge in [-0.1, -0.05) is 18.2 Å². The smallest absolute Gasteiger partial charge is 0.262 e. The number of pyridine rings is 1. The number of hydrogen-bond donors (Lipinski definition) is 2. The molecule has 0 unspecified atom stereocenters. The number of nitrogens with zero attached hydrogens (tertiary/aromatic N) is 1. The van der Waals surface area contributed by atoms with Crippen molar-refractivity contribution in [2.45, 2.75) is 11.4 Å². The molecule has 10 heteroatoms. The van der Waals surface area contributed by atoms with Crippen molar-refractivity contribution in [2.75, 3.05) is 11.8 Å². The Bertz CT molecular complexity index is 1190. The topological polar surface area (TPSA) is 97.4 Å². The molecule has 0 saturated heterocycles. The summed E-state index contributed by atoms with van der Waals surface area (Å²) in [5, 5.41) is 2.44. The van der Waals surface area contributed by atoms with Crippen LogP contribution in [0.1, 0.15) is 15.9 Å². The highest BCUT2D eigenvalue weighted by Gasteiger charge is 2.22. The Kier molecular flexibility index (Phi) is 6.26. The van der Waals surface area contributed by atoms with E-state index in [1.165, 1.54) is 55.9 Å². The quantitative estimate of drug-likeness (QED) is 0.597. The molecule has 0 radical (unpaired) electrons. The van der Waals surface area contributed by atoms with E-state index in [-0.39, 0.29) is 28.3 Å². The molecule has 0 aliphatic heterocycles. The molecule has 0 spiro atoms. The second-order valence-corrected chi connectivity index (χ2v) is 7.78. The molecule has 2 aromatic carbocycles. The number of amides is 1. The first-order valence-corrected chi connectivity index (χ1v) is 10.1. The Morgan fingerprint density at radius 1 is 1.10 bits per heavy atom. The molecule has 1 amide bonds. The average Bonchev–Trinajstić information content (AvgIpc) is 2.72. The summed E-state index contributed by atoms with van der Waals surface area (Å²) in [7, 11) is -2.73.